The molecule has 1 N–H and O–H groups in total. The Morgan fingerprint density at radius 3 is 2.36 bits per heavy atom. The predicted molar refractivity (Wildman–Crippen MR) is 56.9 cm³/mol. The van der Waals surface area contributed by atoms with E-state index in [1.54, 1.807) is 0 Å². The molecular weight excluding hydrogens is 174 g/mol. The Labute approximate surface area is 85.2 Å². The van der Waals surface area contributed by atoms with E-state index in [0.717, 1.165) is 26.1 Å². The molecule has 1 atom stereocenters. The summed E-state index contributed by atoms with van der Waals surface area (Å²) in [5.41, 5.74) is 2.83. The van der Waals surface area contributed by atoms with Crippen LogP contribution in [0, 0.1) is 0 Å². The largest absolute Gasteiger partial charge is 0.392 e. The monoisotopic (exact) mass is 191 g/mol. The van der Waals surface area contributed by atoms with Crippen molar-refractivity contribution in [1.29, 1.82) is 0 Å². The molecule has 0 spiro atoms. The van der Waals surface area contributed by atoms with Crippen LogP contribution in [0.15, 0.2) is 24.3 Å². The van der Waals surface area contributed by atoms with Gasteiger partial charge in [0.25, 0.3) is 0 Å². The maximum atomic E-state index is 9.56. The van der Waals surface area contributed by atoms with Crippen LogP contribution >= 0.6 is 0 Å². The van der Waals surface area contributed by atoms with Crippen LogP contribution in [-0.4, -0.2) is 22.7 Å². The highest BCUT2D eigenvalue weighted by Gasteiger charge is 2.19. The molecule has 0 radical (unpaired) electrons. The molecule has 0 saturated heterocycles. The lowest BCUT2D eigenvalue weighted by molar-refractivity contribution is 0.108. The number of benzene rings is 1. The van der Waals surface area contributed by atoms with Crippen molar-refractivity contribution < 1.29 is 5.11 Å². The van der Waals surface area contributed by atoms with Gasteiger partial charge < -0.3 is 5.11 Å². The maximum Gasteiger partial charge on any atom is 0.0664 e. The molecule has 2 nitrogen and oxygen atoms in total. The van der Waals surface area contributed by atoms with Gasteiger partial charge in [0.05, 0.1) is 6.10 Å². The molecule has 1 aromatic rings. The van der Waals surface area contributed by atoms with E-state index in [1.165, 1.54) is 11.1 Å². The van der Waals surface area contributed by atoms with Gasteiger partial charge >= 0.3 is 0 Å². The van der Waals surface area contributed by atoms with E-state index in [4.69, 9.17) is 0 Å². The van der Waals surface area contributed by atoms with Crippen LogP contribution in [0.5, 0.6) is 0 Å². The van der Waals surface area contributed by atoms with Gasteiger partial charge in [-0.05, 0) is 17.5 Å². The molecule has 2 heteroatoms. The van der Waals surface area contributed by atoms with Gasteiger partial charge in [-0.2, -0.15) is 0 Å². The van der Waals surface area contributed by atoms with Crippen molar-refractivity contribution in [3.63, 3.8) is 0 Å². The molecule has 1 aromatic carbocycles. The summed E-state index contributed by atoms with van der Waals surface area (Å²) < 4.78 is 0. The molecule has 1 aliphatic rings. The summed E-state index contributed by atoms with van der Waals surface area (Å²) in [5, 5.41) is 9.56. The standard InChI is InChI=1S/C12H17NO/c1-2-12(14)9-13-7-10-5-3-4-6-11(10)8-13/h3-6,12,14H,2,7-9H2,1H3/t12-/m0/s1. The van der Waals surface area contributed by atoms with Crippen LogP contribution < -0.4 is 0 Å². The van der Waals surface area contributed by atoms with E-state index >= 15 is 0 Å². The van der Waals surface area contributed by atoms with E-state index < -0.39 is 0 Å². The first-order valence-corrected chi connectivity index (χ1v) is 5.26. The van der Waals surface area contributed by atoms with Gasteiger partial charge in [0.2, 0.25) is 0 Å². The second-order valence-corrected chi connectivity index (χ2v) is 4.00. The number of β-amino-alcohol motifs (C(OH)–C–C–N with tert-alkyl or cyclic N) is 1. The molecule has 1 heterocycles. The number of rotatable bonds is 3. The lowest BCUT2D eigenvalue weighted by Crippen LogP contribution is -2.27. The summed E-state index contributed by atoms with van der Waals surface area (Å²) in [6.45, 7) is 4.81. The van der Waals surface area contributed by atoms with Gasteiger partial charge in [0.1, 0.15) is 0 Å². The summed E-state index contributed by atoms with van der Waals surface area (Å²) in [6.07, 6.45) is 0.664. The van der Waals surface area contributed by atoms with E-state index in [1.807, 2.05) is 6.92 Å². The molecule has 0 aliphatic carbocycles. The van der Waals surface area contributed by atoms with E-state index in [9.17, 15) is 5.11 Å². The van der Waals surface area contributed by atoms with E-state index in [-0.39, 0.29) is 6.10 Å². The second-order valence-electron chi connectivity index (χ2n) is 4.00. The van der Waals surface area contributed by atoms with Crippen molar-refractivity contribution in [3.05, 3.63) is 35.4 Å². The van der Waals surface area contributed by atoms with Crippen LogP contribution in [0.1, 0.15) is 24.5 Å². The van der Waals surface area contributed by atoms with Crippen LogP contribution in [-0.2, 0) is 13.1 Å². The Morgan fingerprint density at radius 2 is 1.86 bits per heavy atom. The predicted octanol–water partition coefficient (Wildman–Crippen LogP) is 1.77. The van der Waals surface area contributed by atoms with Gasteiger partial charge in [0.15, 0.2) is 0 Å². The first-order chi connectivity index (χ1) is 6.79. The van der Waals surface area contributed by atoms with Gasteiger partial charge in [0, 0.05) is 19.6 Å². The number of aliphatic hydroxyl groups is 1. The molecule has 0 bridgehead atoms. The highest BCUT2D eigenvalue weighted by atomic mass is 16.3. The van der Waals surface area contributed by atoms with Crippen LogP contribution in [0.3, 0.4) is 0 Å². The minimum Gasteiger partial charge on any atom is -0.392 e. The molecule has 0 unspecified atom stereocenters. The first-order valence-electron chi connectivity index (χ1n) is 5.26. The highest BCUT2D eigenvalue weighted by Crippen LogP contribution is 2.22. The Balaban J connectivity index is 1.98. The van der Waals surface area contributed by atoms with Crippen molar-refractivity contribution in [1.82, 2.24) is 4.90 Å². The number of hydrogen-bond acceptors (Lipinski definition) is 2. The number of fused-ring (bicyclic) bond motifs is 1. The summed E-state index contributed by atoms with van der Waals surface area (Å²) >= 11 is 0. The molecule has 2 rings (SSSR count). The minimum absolute atomic E-state index is 0.177. The summed E-state index contributed by atoms with van der Waals surface area (Å²) in [7, 11) is 0. The Hall–Kier alpha value is -0.860. The van der Waals surface area contributed by atoms with Gasteiger partial charge in [-0.3, -0.25) is 4.90 Å². The van der Waals surface area contributed by atoms with E-state index in [0.29, 0.717) is 0 Å². The van der Waals surface area contributed by atoms with Gasteiger partial charge in [-0.15, -0.1) is 0 Å². The van der Waals surface area contributed by atoms with Gasteiger partial charge in [-0.25, -0.2) is 0 Å². The zero-order chi connectivity index (χ0) is 9.97. The third kappa shape index (κ3) is 1.97. The normalized spacial score (nSPS) is 18.1. The average Bonchev–Trinajstić information content (AvgIpc) is 2.59. The maximum absolute atomic E-state index is 9.56. The Bertz CT molecular complexity index is 286. The van der Waals surface area contributed by atoms with Crippen molar-refractivity contribution in [2.45, 2.75) is 32.5 Å². The molecule has 0 amide bonds. The van der Waals surface area contributed by atoms with Crippen molar-refractivity contribution in [3.8, 4) is 0 Å². The van der Waals surface area contributed by atoms with Crippen molar-refractivity contribution in [2.75, 3.05) is 6.54 Å². The lowest BCUT2D eigenvalue weighted by atomic mass is 10.1. The summed E-state index contributed by atoms with van der Waals surface area (Å²) in [5.74, 6) is 0. The average molecular weight is 191 g/mol. The summed E-state index contributed by atoms with van der Waals surface area (Å²) in [4.78, 5) is 2.30. The quantitative estimate of drug-likeness (QED) is 0.787. The SMILES string of the molecule is CC[C@H](O)CN1Cc2ccccc2C1. The topological polar surface area (TPSA) is 23.5 Å². The minimum atomic E-state index is -0.177. The fourth-order valence-corrected chi connectivity index (χ4v) is 1.96. The molecule has 76 valence electrons. The smallest absolute Gasteiger partial charge is 0.0664 e. The number of hydrogen-bond donors (Lipinski definition) is 1. The Kier molecular flexibility index (Phi) is 2.85. The zero-order valence-corrected chi connectivity index (χ0v) is 8.61. The van der Waals surface area contributed by atoms with E-state index in [2.05, 4.69) is 29.2 Å². The van der Waals surface area contributed by atoms with Crippen LogP contribution in [0.4, 0.5) is 0 Å². The zero-order valence-electron chi connectivity index (χ0n) is 8.61. The van der Waals surface area contributed by atoms with Crippen molar-refractivity contribution >= 4 is 0 Å². The van der Waals surface area contributed by atoms with Crippen LogP contribution in [0.2, 0.25) is 0 Å². The molecule has 0 aromatic heterocycles. The van der Waals surface area contributed by atoms with Crippen LogP contribution in [0.25, 0.3) is 0 Å². The summed E-state index contributed by atoms with van der Waals surface area (Å²) in [6, 6.07) is 8.51. The van der Waals surface area contributed by atoms with Gasteiger partial charge in [-0.1, -0.05) is 31.2 Å². The number of aliphatic hydroxyl groups excluding tert-OH is 1. The molecule has 14 heavy (non-hydrogen) atoms. The highest BCUT2D eigenvalue weighted by molar-refractivity contribution is 5.30. The molecule has 0 fully saturated rings. The molecular formula is C12H17NO. The third-order valence-corrected chi connectivity index (χ3v) is 2.85. The molecule has 1 aliphatic heterocycles. The Morgan fingerprint density at radius 1 is 1.29 bits per heavy atom. The first kappa shape index (κ1) is 9.69. The fraction of sp³-hybridized carbons (Fsp3) is 0.500. The van der Waals surface area contributed by atoms with Crippen molar-refractivity contribution in [2.24, 2.45) is 0 Å². The second kappa shape index (κ2) is 4.11. The number of nitrogens with zero attached hydrogens (tertiary/aromatic N) is 1. The lowest BCUT2D eigenvalue weighted by Gasteiger charge is -2.17. The third-order valence-electron chi connectivity index (χ3n) is 2.85. The molecule has 0 saturated carbocycles. The fourth-order valence-electron chi connectivity index (χ4n) is 1.96.